The van der Waals surface area contributed by atoms with Crippen LogP contribution in [0.4, 0.5) is 5.82 Å². The maximum Gasteiger partial charge on any atom is 0.239 e. The van der Waals surface area contributed by atoms with Gasteiger partial charge < -0.3 is 9.84 Å². The highest BCUT2D eigenvalue weighted by Gasteiger charge is 2.26. The molecule has 1 amide bonds. The number of carbonyl (C=O) groups is 1. The zero-order chi connectivity index (χ0) is 17.1. The first-order valence-electron chi connectivity index (χ1n) is 8.36. The van der Waals surface area contributed by atoms with Gasteiger partial charge in [-0.3, -0.25) is 14.4 Å². The van der Waals surface area contributed by atoms with Crippen molar-refractivity contribution in [1.29, 1.82) is 0 Å². The molecule has 0 aliphatic carbocycles. The minimum Gasteiger partial charge on any atom is -0.339 e. The highest BCUT2D eigenvalue weighted by molar-refractivity contribution is 5.91. The molecule has 1 aliphatic rings. The summed E-state index contributed by atoms with van der Waals surface area (Å²) in [5, 5.41) is 11.0. The fraction of sp³-hybridized carbons (Fsp3) is 0.625. The molecule has 2 aromatic heterocycles. The topological polar surface area (TPSA) is 89.1 Å². The van der Waals surface area contributed by atoms with Gasteiger partial charge in [-0.25, -0.2) is 0 Å². The summed E-state index contributed by atoms with van der Waals surface area (Å²) in [7, 11) is 1.82. The number of nitrogens with one attached hydrogen (secondary N) is 1. The minimum atomic E-state index is -0.0352. The number of nitrogens with zero attached hydrogens (tertiary/aromatic N) is 5. The van der Waals surface area contributed by atoms with E-state index in [1.807, 2.05) is 7.05 Å². The number of hydrogen-bond acceptors (Lipinski definition) is 6. The quantitative estimate of drug-likeness (QED) is 0.897. The van der Waals surface area contributed by atoms with E-state index in [2.05, 4.69) is 39.3 Å². The van der Waals surface area contributed by atoms with Crippen molar-refractivity contribution in [2.24, 2.45) is 7.05 Å². The van der Waals surface area contributed by atoms with Crippen molar-refractivity contribution < 1.29 is 9.32 Å². The van der Waals surface area contributed by atoms with Gasteiger partial charge in [0, 0.05) is 31.1 Å². The molecule has 24 heavy (non-hydrogen) atoms. The molecule has 0 atom stereocenters. The summed E-state index contributed by atoms with van der Waals surface area (Å²) in [6, 6.07) is 1.78. The number of amides is 1. The molecule has 1 aliphatic heterocycles. The molecule has 0 spiro atoms. The molecule has 0 aromatic carbocycles. The smallest absolute Gasteiger partial charge is 0.239 e. The first-order valence-corrected chi connectivity index (χ1v) is 8.36. The Balaban J connectivity index is 1.47. The van der Waals surface area contributed by atoms with Gasteiger partial charge in [0.25, 0.3) is 0 Å². The summed E-state index contributed by atoms with van der Waals surface area (Å²) in [4.78, 5) is 18.7. The number of likely N-dealkylation sites (tertiary alicyclic amines) is 1. The van der Waals surface area contributed by atoms with Crippen LogP contribution in [0.5, 0.6) is 0 Å². The van der Waals surface area contributed by atoms with Crippen molar-refractivity contribution in [3.63, 3.8) is 0 Å². The zero-order valence-corrected chi connectivity index (χ0v) is 14.4. The Morgan fingerprint density at radius 2 is 2.17 bits per heavy atom. The van der Waals surface area contributed by atoms with Crippen LogP contribution >= 0.6 is 0 Å². The summed E-state index contributed by atoms with van der Waals surface area (Å²) >= 11 is 0. The molecule has 1 saturated heterocycles. The van der Waals surface area contributed by atoms with E-state index in [4.69, 9.17) is 4.52 Å². The number of rotatable bonds is 5. The minimum absolute atomic E-state index is 0.0352. The number of anilines is 1. The first-order chi connectivity index (χ1) is 11.5. The van der Waals surface area contributed by atoms with Gasteiger partial charge in [-0.05, 0) is 25.9 Å². The van der Waals surface area contributed by atoms with Crippen molar-refractivity contribution in [2.45, 2.75) is 38.5 Å². The van der Waals surface area contributed by atoms with E-state index in [9.17, 15) is 4.79 Å². The lowest BCUT2D eigenvalue weighted by Gasteiger charge is -2.29. The molecule has 0 saturated carbocycles. The van der Waals surface area contributed by atoms with E-state index in [1.54, 1.807) is 16.9 Å². The van der Waals surface area contributed by atoms with Crippen LogP contribution in [0, 0.1) is 0 Å². The Hall–Kier alpha value is -2.22. The Kier molecular flexibility index (Phi) is 4.94. The van der Waals surface area contributed by atoms with Gasteiger partial charge in [-0.1, -0.05) is 19.0 Å². The lowest BCUT2D eigenvalue weighted by molar-refractivity contribution is -0.117. The Morgan fingerprint density at radius 3 is 2.75 bits per heavy atom. The highest BCUT2D eigenvalue weighted by Crippen LogP contribution is 2.27. The lowest BCUT2D eigenvalue weighted by atomic mass is 9.97. The third-order valence-corrected chi connectivity index (χ3v) is 4.26. The van der Waals surface area contributed by atoms with E-state index in [0.717, 1.165) is 37.6 Å². The summed E-state index contributed by atoms with van der Waals surface area (Å²) < 4.78 is 7.06. The summed E-state index contributed by atoms with van der Waals surface area (Å²) in [6.45, 7) is 6.18. The SMILES string of the molecule is CC(C)c1noc(C2CCN(CC(=O)Nc3ccn(C)n3)CC2)n1. The zero-order valence-electron chi connectivity index (χ0n) is 14.4. The molecule has 1 N–H and O–H groups in total. The first kappa shape index (κ1) is 16.6. The maximum atomic E-state index is 12.1. The van der Waals surface area contributed by atoms with Gasteiger partial charge in [0.15, 0.2) is 11.6 Å². The number of piperidine rings is 1. The summed E-state index contributed by atoms with van der Waals surface area (Å²) in [5.74, 6) is 2.62. The normalized spacial score (nSPS) is 16.7. The fourth-order valence-corrected chi connectivity index (χ4v) is 2.85. The molecular formula is C16H24N6O2. The van der Waals surface area contributed by atoms with Crippen molar-refractivity contribution in [3.8, 4) is 0 Å². The molecular weight excluding hydrogens is 308 g/mol. The Morgan fingerprint density at radius 1 is 1.42 bits per heavy atom. The van der Waals surface area contributed by atoms with Gasteiger partial charge in [-0.15, -0.1) is 0 Å². The number of carbonyl (C=O) groups excluding carboxylic acids is 1. The predicted octanol–water partition coefficient (Wildman–Crippen LogP) is 1.74. The predicted molar refractivity (Wildman–Crippen MR) is 88.6 cm³/mol. The van der Waals surface area contributed by atoms with Crippen LogP contribution in [-0.2, 0) is 11.8 Å². The van der Waals surface area contributed by atoms with Gasteiger partial charge in [-0.2, -0.15) is 10.1 Å². The van der Waals surface area contributed by atoms with Gasteiger partial charge in [0.1, 0.15) is 0 Å². The van der Waals surface area contributed by atoms with Crippen LogP contribution in [0.1, 0.15) is 50.2 Å². The highest BCUT2D eigenvalue weighted by atomic mass is 16.5. The average molecular weight is 332 g/mol. The number of hydrogen-bond donors (Lipinski definition) is 1. The Labute approximate surface area is 141 Å². The van der Waals surface area contributed by atoms with Crippen molar-refractivity contribution in [2.75, 3.05) is 25.0 Å². The molecule has 3 rings (SSSR count). The van der Waals surface area contributed by atoms with Crippen LogP contribution in [0.25, 0.3) is 0 Å². The molecule has 2 aromatic rings. The molecule has 8 nitrogen and oxygen atoms in total. The van der Waals surface area contributed by atoms with E-state index >= 15 is 0 Å². The van der Waals surface area contributed by atoms with Crippen LogP contribution in [0.2, 0.25) is 0 Å². The molecule has 0 radical (unpaired) electrons. The monoisotopic (exact) mass is 332 g/mol. The number of aromatic nitrogens is 4. The number of aryl methyl sites for hydroxylation is 1. The van der Waals surface area contributed by atoms with Crippen LogP contribution in [0.15, 0.2) is 16.8 Å². The standard InChI is InChI=1S/C16H24N6O2/c1-11(2)15-18-16(24-20-15)12-4-8-22(9-5-12)10-14(23)17-13-6-7-21(3)19-13/h6-7,11-12H,4-5,8-10H2,1-3H3,(H,17,19,23). The second-order valence-electron chi connectivity index (χ2n) is 6.62. The van der Waals surface area contributed by atoms with E-state index in [0.29, 0.717) is 18.3 Å². The summed E-state index contributed by atoms with van der Waals surface area (Å²) in [6.07, 6.45) is 3.66. The van der Waals surface area contributed by atoms with Crippen LogP contribution in [0.3, 0.4) is 0 Å². The molecule has 8 heteroatoms. The fourth-order valence-electron chi connectivity index (χ4n) is 2.85. The third-order valence-electron chi connectivity index (χ3n) is 4.26. The lowest BCUT2D eigenvalue weighted by Crippen LogP contribution is -2.38. The maximum absolute atomic E-state index is 12.1. The van der Waals surface area contributed by atoms with Crippen molar-refractivity contribution in [1.82, 2.24) is 24.8 Å². The van der Waals surface area contributed by atoms with E-state index in [1.165, 1.54) is 0 Å². The van der Waals surface area contributed by atoms with Crippen LogP contribution < -0.4 is 5.32 Å². The molecule has 3 heterocycles. The third kappa shape index (κ3) is 4.00. The molecule has 0 bridgehead atoms. The van der Waals surface area contributed by atoms with Gasteiger partial charge in [0.2, 0.25) is 11.8 Å². The second-order valence-corrected chi connectivity index (χ2v) is 6.62. The van der Waals surface area contributed by atoms with Crippen molar-refractivity contribution >= 4 is 11.7 Å². The molecule has 1 fully saturated rings. The van der Waals surface area contributed by atoms with Gasteiger partial charge >= 0.3 is 0 Å². The molecule has 0 unspecified atom stereocenters. The largest absolute Gasteiger partial charge is 0.339 e. The van der Waals surface area contributed by atoms with E-state index < -0.39 is 0 Å². The molecule has 130 valence electrons. The van der Waals surface area contributed by atoms with E-state index in [-0.39, 0.29) is 11.8 Å². The van der Waals surface area contributed by atoms with Crippen molar-refractivity contribution in [3.05, 3.63) is 24.0 Å². The Bertz CT molecular complexity index is 684. The second kappa shape index (κ2) is 7.12. The van der Waals surface area contributed by atoms with Crippen LogP contribution in [-0.4, -0.2) is 50.4 Å². The van der Waals surface area contributed by atoms with Gasteiger partial charge in [0.05, 0.1) is 6.54 Å². The average Bonchev–Trinajstić information content (AvgIpc) is 3.17. The summed E-state index contributed by atoms with van der Waals surface area (Å²) in [5.41, 5.74) is 0.